The lowest BCUT2D eigenvalue weighted by Crippen LogP contribution is -2.28. The van der Waals surface area contributed by atoms with Gasteiger partial charge in [0.2, 0.25) is 0 Å². The van der Waals surface area contributed by atoms with Crippen LogP contribution in [0.3, 0.4) is 0 Å². The van der Waals surface area contributed by atoms with Gasteiger partial charge >= 0.3 is 5.97 Å². The van der Waals surface area contributed by atoms with Gasteiger partial charge in [-0.1, -0.05) is 11.6 Å². The lowest BCUT2D eigenvalue weighted by Gasteiger charge is -2.23. The first kappa shape index (κ1) is 13.2. The monoisotopic (exact) mass is 305 g/mol. The third-order valence-electron chi connectivity index (χ3n) is 4.43. The fraction of sp³-hybridized carbons (Fsp3) is 0.438. The highest BCUT2D eigenvalue weighted by atomic mass is 35.5. The van der Waals surface area contributed by atoms with Gasteiger partial charge in [0.15, 0.2) is 0 Å². The summed E-state index contributed by atoms with van der Waals surface area (Å²) in [6.07, 6.45) is 2.15. The van der Waals surface area contributed by atoms with Gasteiger partial charge in [0, 0.05) is 36.1 Å². The molecule has 0 bridgehead atoms. The summed E-state index contributed by atoms with van der Waals surface area (Å²) in [5.41, 5.74) is 2.25. The molecule has 21 heavy (non-hydrogen) atoms. The molecule has 2 saturated heterocycles. The van der Waals surface area contributed by atoms with Crippen LogP contribution in [0.5, 0.6) is 5.75 Å². The number of esters is 1. The van der Waals surface area contributed by atoms with Gasteiger partial charge in [-0.05, 0) is 29.8 Å². The smallest absolute Gasteiger partial charge is 0.310 e. The summed E-state index contributed by atoms with van der Waals surface area (Å²) in [5, 5.41) is 0.716. The Kier molecular flexibility index (Phi) is 3.16. The molecule has 0 saturated carbocycles. The van der Waals surface area contributed by atoms with E-state index < -0.39 is 0 Å². The first-order valence-electron chi connectivity index (χ1n) is 7.20. The number of carbonyl (C=O) groups is 1. The van der Waals surface area contributed by atoms with Crippen LogP contribution in [-0.2, 0) is 9.53 Å². The summed E-state index contributed by atoms with van der Waals surface area (Å²) in [6.45, 7) is 3.74. The number of hydrogen-bond donors (Lipinski definition) is 0. The third kappa shape index (κ3) is 2.43. The van der Waals surface area contributed by atoms with Crippen LogP contribution in [0.2, 0.25) is 5.02 Å². The van der Waals surface area contributed by atoms with Crippen molar-refractivity contribution in [2.75, 3.05) is 32.8 Å². The van der Waals surface area contributed by atoms with Crippen LogP contribution in [-0.4, -0.2) is 43.7 Å². The van der Waals surface area contributed by atoms with Crippen LogP contribution in [0, 0.1) is 11.8 Å². The first-order valence-corrected chi connectivity index (χ1v) is 7.57. The summed E-state index contributed by atoms with van der Waals surface area (Å²) in [6, 6.07) is 5.67. The molecule has 1 aromatic rings. The second-order valence-corrected chi connectivity index (χ2v) is 6.40. The number of carbonyl (C=O) groups excluding carboxylic acids is 1. The van der Waals surface area contributed by atoms with Crippen molar-refractivity contribution in [2.24, 2.45) is 11.8 Å². The second kappa shape index (κ2) is 5.04. The van der Waals surface area contributed by atoms with Crippen LogP contribution < -0.4 is 4.74 Å². The summed E-state index contributed by atoms with van der Waals surface area (Å²) in [5.74, 6) is 1.28. The molecule has 5 heteroatoms. The normalized spacial score (nSPS) is 27.7. The zero-order chi connectivity index (χ0) is 14.4. The average Bonchev–Trinajstić information content (AvgIpc) is 3.01. The van der Waals surface area contributed by atoms with E-state index in [2.05, 4.69) is 11.0 Å². The SMILES string of the molecule is O=C1OC[C@H]2CN(CC3=Cc4cc(Cl)ccc4OC3)C[C@@H]12. The topological polar surface area (TPSA) is 38.8 Å². The number of rotatable bonds is 2. The highest BCUT2D eigenvalue weighted by molar-refractivity contribution is 6.30. The number of fused-ring (bicyclic) bond motifs is 2. The van der Waals surface area contributed by atoms with Crippen LogP contribution in [0.4, 0.5) is 0 Å². The van der Waals surface area contributed by atoms with E-state index in [-0.39, 0.29) is 11.9 Å². The molecule has 3 aliphatic rings. The second-order valence-electron chi connectivity index (χ2n) is 5.96. The predicted octanol–water partition coefficient (Wildman–Crippen LogP) is 2.22. The molecule has 4 nitrogen and oxygen atoms in total. The highest BCUT2D eigenvalue weighted by Crippen LogP contribution is 2.33. The Morgan fingerprint density at radius 3 is 3.05 bits per heavy atom. The summed E-state index contributed by atoms with van der Waals surface area (Å²) >= 11 is 6.03. The number of cyclic esters (lactones) is 1. The van der Waals surface area contributed by atoms with Crippen molar-refractivity contribution in [3.63, 3.8) is 0 Å². The molecule has 0 radical (unpaired) electrons. The van der Waals surface area contributed by atoms with Crippen molar-refractivity contribution < 1.29 is 14.3 Å². The largest absolute Gasteiger partial charge is 0.489 e. The lowest BCUT2D eigenvalue weighted by molar-refractivity contribution is -0.141. The van der Waals surface area contributed by atoms with E-state index in [0.29, 0.717) is 24.2 Å². The molecule has 4 rings (SSSR count). The van der Waals surface area contributed by atoms with Crippen LogP contribution in [0.1, 0.15) is 5.56 Å². The molecule has 110 valence electrons. The minimum absolute atomic E-state index is 0.0338. The van der Waals surface area contributed by atoms with Gasteiger partial charge in [-0.3, -0.25) is 9.69 Å². The fourth-order valence-electron chi connectivity index (χ4n) is 3.40. The number of halogens is 1. The number of nitrogens with zero attached hydrogens (tertiary/aromatic N) is 1. The highest BCUT2D eigenvalue weighted by Gasteiger charge is 2.43. The van der Waals surface area contributed by atoms with Crippen LogP contribution >= 0.6 is 11.6 Å². The van der Waals surface area contributed by atoms with E-state index in [1.165, 1.54) is 5.57 Å². The number of ether oxygens (including phenoxy) is 2. The fourth-order valence-corrected chi connectivity index (χ4v) is 3.58. The minimum Gasteiger partial charge on any atom is -0.489 e. The van der Waals surface area contributed by atoms with Crippen molar-refractivity contribution in [2.45, 2.75) is 0 Å². The molecule has 0 unspecified atom stereocenters. The van der Waals surface area contributed by atoms with E-state index in [1.807, 2.05) is 18.2 Å². The van der Waals surface area contributed by atoms with Gasteiger partial charge in [0.05, 0.1) is 12.5 Å². The Hall–Kier alpha value is -1.52. The Balaban J connectivity index is 1.48. The van der Waals surface area contributed by atoms with E-state index in [4.69, 9.17) is 21.1 Å². The zero-order valence-corrected chi connectivity index (χ0v) is 12.3. The average molecular weight is 306 g/mol. The molecule has 0 aromatic heterocycles. The molecule has 0 spiro atoms. The minimum atomic E-state index is -0.0338. The van der Waals surface area contributed by atoms with Crippen LogP contribution in [0.25, 0.3) is 6.08 Å². The van der Waals surface area contributed by atoms with Crippen molar-refractivity contribution in [1.29, 1.82) is 0 Å². The molecule has 3 heterocycles. The number of benzene rings is 1. The van der Waals surface area contributed by atoms with Crippen molar-refractivity contribution >= 4 is 23.6 Å². The van der Waals surface area contributed by atoms with E-state index in [1.54, 1.807) is 0 Å². The Labute approximate surface area is 128 Å². The van der Waals surface area contributed by atoms with Gasteiger partial charge in [-0.25, -0.2) is 0 Å². The van der Waals surface area contributed by atoms with Crippen molar-refractivity contribution in [3.8, 4) is 5.75 Å². The standard InChI is InChI=1S/C16H16ClNO3/c17-13-1-2-15-11(4-13)3-10(8-20-15)5-18-6-12-9-21-16(19)14(12)7-18/h1-4,12,14H,5-9H2/t12-,14-/m1/s1. The molecule has 1 aromatic carbocycles. The van der Waals surface area contributed by atoms with Gasteiger partial charge in [-0.2, -0.15) is 0 Å². The molecule has 3 aliphatic heterocycles. The molecule has 0 amide bonds. The van der Waals surface area contributed by atoms with Gasteiger partial charge < -0.3 is 9.47 Å². The Morgan fingerprint density at radius 1 is 1.29 bits per heavy atom. The maximum Gasteiger partial charge on any atom is 0.310 e. The maximum absolute atomic E-state index is 11.6. The van der Waals surface area contributed by atoms with Gasteiger partial charge in [0.1, 0.15) is 12.4 Å². The predicted molar refractivity (Wildman–Crippen MR) is 79.3 cm³/mol. The summed E-state index contributed by atoms with van der Waals surface area (Å²) in [4.78, 5) is 13.9. The van der Waals surface area contributed by atoms with E-state index in [9.17, 15) is 4.79 Å². The molecular formula is C16H16ClNO3. The zero-order valence-electron chi connectivity index (χ0n) is 11.5. The van der Waals surface area contributed by atoms with Crippen LogP contribution in [0.15, 0.2) is 23.8 Å². The molecule has 0 aliphatic carbocycles. The van der Waals surface area contributed by atoms with E-state index >= 15 is 0 Å². The Morgan fingerprint density at radius 2 is 2.19 bits per heavy atom. The lowest BCUT2D eigenvalue weighted by atomic mass is 10.0. The van der Waals surface area contributed by atoms with Crippen molar-refractivity contribution in [3.05, 3.63) is 34.4 Å². The van der Waals surface area contributed by atoms with E-state index in [0.717, 1.165) is 30.9 Å². The maximum atomic E-state index is 11.6. The number of hydrogen-bond acceptors (Lipinski definition) is 4. The van der Waals surface area contributed by atoms with Crippen molar-refractivity contribution in [1.82, 2.24) is 4.90 Å². The molecule has 2 fully saturated rings. The third-order valence-corrected chi connectivity index (χ3v) is 4.67. The van der Waals surface area contributed by atoms with Gasteiger partial charge in [-0.15, -0.1) is 0 Å². The first-order chi connectivity index (χ1) is 10.2. The van der Waals surface area contributed by atoms with Gasteiger partial charge in [0.25, 0.3) is 0 Å². The molecule has 0 N–H and O–H groups in total. The summed E-state index contributed by atoms with van der Waals surface area (Å²) < 4.78 is 10.9. The molecule has 2 atom stereocenters. The summed E-state index contributed by atoms with van der Waals surface area (Å²) in [7, 11) is 0. The quantitative estimate of drug-likeness (QED) is 0.785. The number of likely N-dealkylation sites (tertiary alicyclic amines) is 1. The molecular weight excluding hydrogens is 290 g/mol. The Bertz CT molecular complexity index is 628.